The van der Waals surface area contributed by atoms with Crippen LogP contribution in [0.1, 0.15) is 51.9 Å². The Morgan fingerprint density at radius 3 is 2.44 bits per heavy atom. The zero-order valence-electron chi connectivity index (χ0n) is 19.2. The van der Waals surface area contributed by atoms with Crippen molar-refractivity contribution in [1.82, 2.24) is 14.3 Å². The Bertz CT molecular complexity index is 805. The lowest BCUT2D eigenvalue weighted by Crippen LogP contribution is -2.42. The van der Waals surface area contributed by atoms with Crippen LogP contribution in [0.15, 0.2) is 25.0 Å². The van der Waals surface area contributed by atoms with E-state index in [2.05, 4.69) is 21.4 Å². The highest BCUT2D eigenvalue weighted by Crippen LogP contribution is 2.28. The molecule has 0 unspecified atom stereocenters. The Balaban J connectivity index is 1.37. The molecule has 9 heteroatoms. The molecule has 2 fully saturated rings. The van der Waals surface area contributed by atoms with E-state index >= 15 is 0 Å². The number of halogens is 1. The smallest absolute Gasteiger partial charge is 0.225 e. The van der Waals surface area contributed by atoms with Crippen molar-refractivity contribution in [3.05, 3.63) is 30.1 Å². The average molecular weight is 485 g/mol. The summed E-state index contributed by atoms with van der Waals surface area (Å²) in [5, 5.41) is 0.557. The van der Waals surface area contributed by atoms with Crippen molar-refractivity contribution in [3.8, 4) is 0 Å². The summed E-state index contributed by atoms with van der Waals surface area (Å²) in [5.74, 6) is 1.97. The molecule has 1 aromatic rings. The Morgan fingerprint density at radius 1 is 1.19 bits per heavy atom. The molecular formula is C23H37ClN4O3S. The topological polar surface area (TPSA) is 75.6 Å². The minimum Gasteiger partial charge on any atom is -0.378 e. The lowest BCUT2D eigenvalue weighted by molar-refractivity contribution is 0.00530. The third kappa shape index (κ3) is 7.40. The minimum absolute atomic E-state index is 0.138. The fraction of sp³-hybridized carbons (Fsp3) is 0.739. The molecule has 0 radical (unpaired) electrons. The molecule has 0 spiro atoms. The Morgan fingerprint density at radius 2 is 1.84 bits per heavy atom. The van der Waals surface area contributed by atoms with Gasteiger partial charge in [0.2, 0.25) is 16.0 Å². The number of nitrogens with zero attached hydrogens (tertiary/aromatic N) is 4. The summed E-state index contributed by atoms with van der Waals surface area (Å²) in [4.78, 5) is 10.9. The first kappa shape index (κ1) is 25.4. The Labute approximate surface area is 198 Å². The molecule has 7 nitrogen and oxygen atoms in total. The molecule has 0 N–H and O–H groups in total. The molecule has 0 amide bonds. The van der Waals surface area contributed by atoms with Gasteiger partial charge in [0.25, 0.3) is 0 Å². The van der Waals surface area contributed by atoms with E-state index in [-0.39, 0.29) is 11.9 Å². The van der Waals surface area contributed by atoms with Crippen LogP contribution in [0.3, 0.4) is 0 Å². The van der Waals surface area contributed by atoms with Crippen LogP contribution in [-0.4, -0.2) is 67.3 Å². The molecule has 1 aromatic heterocycles. The second-order valence-corrected chi connectivity index (χ2v) is 11.5. The van der Waals surface area contributed by atoms with Crippen molar-refractivity contribution < 1.29 is 13.2 Å². The fourth-order valence-electron chi connectivity index (χ4n) is 4.49. The van der Waals surface area contributed by atoms with Gasteiger partial charge in [-0.1, -0.05) is 31.0 Å². The predicted octanol–water partition coefficient (Wildman–Crippen LogP) is 4.15. The third-order valence-corrected chi connectivity index (χ3v) is 8.72. The lowest BCUT2D eigenvalue weighted by atomic mass is 9.87. The predicted molar refractivity (Wildman–Crippen MR) is 130 cm³/mol. The van der Waals surface area contributed by atoms with Crippen LogP contribution in [-0.2, 0) is 14.8 Å². The largest absolute Gasteiger partial charge is 0.378 e. The fourth-order valence-corrected chi connectivity index (χ4v) is 6.27. The van der Waals surface area contributed by atoms with Gasteiger partial charge in [0.1, 0.15) is 0 Å². The van der Waals surface area contributed by atoms with Crippen LogP contribution in [0, 0.1) is 11.8 Å². The van der Waals surface area contributed by atoms with Crippen LogP contribution in [0.2, 0.25) is 5.02 Å². The zero-order valence-corrected chi connectivity index (χ0v) is 20.7. The monoisotopic (exact) mass is 484 g/mol. The summed E-state index contributed by atoms with van der Waals surface area (Å²) in [7, 11) is -3.11. The second-order valence-electron chi connectivity index (χ2n) is 8.96. The van der Waals surface area contributed by atoms with Gasteiger partial charge in [-0.05, 0) is 44.4 Å². The number of hydrogen-bond donors (Lipinski definition) is 0. The van der Waals surface area contributed by atoms with Crippen molar-refractivity contribution in [1.29, 1.82) is 0 Å². The van der Waals surface area contributed by atoms with Gasteiger partial charge >= 0.3 is 0 Å². The van der Waals surface area contributed by atoms with Crippen LogP contribution < -0.4 is 4.90 Å². The summed E-state index contributed by atoms with van der Waals surface area (Å²) in [6.07, 6.45) is 11.9. The van der Waals surface area contributed by atoms with Gasteiger partial charge in [-0.25, -0.2) is 22.7 Å². The van der Waals surface area contributed by atoms with E-state index in [1.54, 1.807) is 16.7 Å². The first-order valence-corrected chi connectivity index (χ1v) is 13.8. The summed E-state index contributed by atoms with van der Waals surface area (Å²) < 4.78 is 32.6. The van der Waals surface area contributed by atoms with E-state index in [1.807, 2.05) is 13.0 Å². The van der Waals surface area contributed by atoms with Crippen molar-refractivity contribution in [2.75, 3.05) is 43.4 Å². The van der Waals surface area contributed by atoms with E-state index in [4.69, 9.17) is 16.3 Å². The van der Waals surface area contributed by atoms with Gasteiger partial charge in [0.15, 0.2) is 0 Å². The lowest BCUT2D eigenvalue weighted by Gasteiger charge is -2.34. The van der Waals surface area contributed by atoms with Gasteiger partial charge in [0, 0.05) is 32.1 Å². The number of aromatic nitrogens is 2. The van der Waals surface area contributed by atoms with Gasteiger partial charge < -0.3 is 9.64 Å². The molecule has 0 aromatic carbocycles. The van der Waals surface area contributed by atoms with Crippen molar-refractivity contribution in [3.63, 3.8) is 0 Å². The van der Waals surface area contributed by atoms with Crippen molar-refractivity contribution in [2.45, 2.75) is 58.0 Å². The van der Waals surface area contributed by atoms with Crippen molar-refractivity contribution in [2.24, 2.45) is 11.8 Å². The van der Waals surface area contributed by atoms with Gasteiger partial charge in [-0.2, -0.15) is 0 Å². The maximum absolute atomic E-state index is 12.4. The molecular weight excluding hydrogens is 448 g/mol. The molecule has 180 valence electrons. The highest BCUT2D eigenvalue weighted by molar-refractivity contribution is 7.89. The van der Waals surface area contributed by atoms with Gasteiger partial charge in [-0.15, -0.1) is 6.58 Å². The van der Waals surface area contributed by atoms with Crippen LogP contribution >= 0.6 is 11.6 Å². The second kappa shape index (κ2) is 12.3. The highest BCUT2D eigenvalue weighted by atomic mass is 35.5. The normalized spacial score (nSPS) is 20.4. The highest BCUT2D eigenvalue weighted by Gasteiger charge is 2.29. The number of sulfonamides is 1. The number of hydrogen-bond acceptors (Lipinski definition) is 6. The van der Waals surface area contributed by atoms with Crippen LogP contribution in [0.25, 0.3) is 0 Å². The van der Waals surface area contributed by atoms with E-state index in [0.29, 0.717) is 36.6 Å². The summed E-state index contributed by atoms with van der Waals surface area (Å²) in [6, 6.07) is 0. The first-order chi connectivity index (χ1) is 15.4. The minimum atomic E-state index is -3.11. The maximum Gasteiger partial charge on any atom is 0.225 e. The zero-order chi connectivity index (χ0) is 23.0. The van der Waals surface area contributed by atoms with E-state index in [0.717, 1.165) is 64.0 Å². The molecule has 2 aliphatic rings. The van der Waals surface area contributed by atoms with E-state index in [1.165, 1.54) is 0 Å². The van der Waals surface area contributed by atoms with Crippen LogP contribution in [0.5, 0.6) is 0 Å². The molecule has 2 saturated heterocycles. The standard InChI is InChI=1S/C23H37ClN4O3S/c1-3-5-14-32(29,30)28-12-8-22(9-13-28)31-18-19(4-2)15-20-6-10-27(11-7-20)23-25-16-21(24)17-26-23/h4,16-17,19-20,22H,2-3,5-15,18H2,1H3/t19-/m1/s1. The van der Waals surface area contributed by atoms with Crippen LogP contribution in [0.4, 0.5) is 5.95 Å². The molecule has 3 heterocycles. The first-order valence-electron chi connectivity index (χ1n) is 11.9. The number of piperidine rings is 2. The molecule has 2 aliphatic heterocycles. The van der Waals surface area contributed by atoms with E-state index in [9.17, 15) is 8.42 Å². The molecule has 0 bridgehead atoms. The quantitative estimate of drug-likeness (QED) is 0.439. The number of rotatable bonds is 11. The summed E-state index contributed by atoms with van der Waals surface area (Å²) >= 11 is 5.88. The van der Waals surface area contributed by atoms with Crippen molar-refractivity contribution >= 4 is 27.6 Å². The summed E-state index contributed by atoms with van der Waals surface area (Å²) in [5.41, 5.74) is 0. The molecule has 1 atom stereocenters. The maximum atomic E-state index is 12.4. The third-order valence-electron chi connectivity index (χ3n) is 6.57. The SMILES string of the molecule is C=C[C@@H](COC1CCN(S(=O)(=O)CCCC)CC1)CC1CCN(c2ncc(Cl)cn2)CC1. The number of unbranched alkanes of at least 4 members (excludes halogenated alkanes) is 1. The van der Waals surface area contributed by atoms with Gasteiger partial charge in [-0.3, -0.25) is 0 Å². The van der Waals surface area contributed by atoms with Gasteiger partial charge in [0.05, 0.1) is 35.9 Å². The number of ether oxygens (including phenoxy) is 1. The average Bonchev–Trinajstić information content (AvgIpc) is 2.81. The molecule has 32 heavy (non-hydrogen) atoms. The summed E-state index contributed by atoms with van der Waals surface area (Å²) in [6.45, 7) is 9.74. The number of anilines is 1. The molecule has 0 aliphatic carbocycles. The van der Waals surface area contributed by atoms with E-state index < -0.39 is 10.0 Å². The Hall–Kier alpha value is -1.22. The molecule has 0 saturated carbocycles. The molecule has 3 rings (SSSR count). The Kier molecular flexibility index (Phi) is 9.77.